The van der Waals surface area contributed by atoms with Gasteiger partial charge in [0, 0.05) is 6.42 Å². The van der Waals surface area contributed by atoms with Crippen LogP contribution in [0.2, 0.25) is 0 Å². The number of ether oxygens (including phenoxy) is 2. The molecule has 0 bridgehead atoms. The predicted molar refractivity (Wildman–Crippen MR) is 73.1 cm³/mol. The number of hydrogen-bond acceptors (Lipinski definition) is 4. The summed E-state index contributed by atoms with van der Waals surface area (Å²) in [5.41, 5.74) is -0.818. The van der Waals surface area contributed by atoms with E-state index in [1.165, 1.54) is 4.90 Å². The monoisotopic (exact) mass is 273 g/mol. The minimum absolute atomic E-state index is 0.156. The van der Waals surface area contributed by atoms with E-state index in [1.807, 2.05) is 41.5 Å². The van der Waals surface area contributed by atoms with Crippen LogP contribution in [-0.2, 0) is 9.47 Å². The summed E-state index contributed by atoms with van der Waals surface area (Å²) in [7, 11) is 0. The topological polar surface area (TPSA) is 59.0 Å². The van der Waals surface area contributed by atoms with Gasteiger partial charge < -0.3 is 19.5 Å². The first-order valence-electron chi connectivity index (χ1n) is 6.80. The summed E-state index contributed by atoms with van der Waals surface area (Å²) in [5, 5.41) is 9.86. The number of likely N-dealkylation sites (tertiary alicyclic amines) is 1. The number of rotatable bonds is 1. The van der Waals surface area contributed by atoms with Gasteiger partial charge in [-0.3, -0.25) is 0 Å². The van der Waals surface area contributed by atoms with Crippen molar-refractivity contribution in [1.82, 2.24) is 4.90 Å². The van der Waals surface area contributed by atoms with E-state index in [9.17, 15) is 9.90 Å². The average molecular weight is 273 g/mol. The van der Waals surface area contributed by atoms with Gasteiger partial charge in [0.25, 0.3) is 0 Å². The Morgan fingerprint density at radius 3 is 2.16 bits per heavy atom. The molecule has 5 heteroatoms. The number of β-amino-alcohol motifs (C(OH)–C–C–N with tert-alkyl or cyclic N) is 1. The average Bonchev–Trinajstić information content (AvgIpc) is 2.10. The zero-order chi connectivity index (χ0) is 14.8. The molecule has 1 rings (SSSR count). The van der Waals surface area contributed by atoms with Gasteiger partial charge in [-0.1, -0.05) is 0 Å². The maximum absolute atomic E-state index is 12.0. The molecule has 0 unspecified atom stereocenters. The number of piperidine rings is 1. The minimum Gasteiger partial charge on any atom is -0.444 e. The first kappa shape index (κ1) is 16.2. The lowest BCUT2D eigenvalue weighted by molar-refractivity contribution is -0.109. The minimum atomic E-state index is -0.561. The first-order chi connectivity index (χ1) is 8.46. The standard InChI is InChI=1S/C14H27NO4/c1-13(2,3)18-11-7-10(16)8-15(9-11)12(17)19-14(4,5)6/h10-11,16H,7-9H2,1-6H3/t10-,11+/m0/s1. The summed E-state index contributed by atoms with van der Waals surface area (Å²) in [4.78, 5) is 13.5. The van der Waals surface area contributed by atoms with Crippen LogP contribution < -0.4 is 0 Å². The molecule has 1 amide bonds. The highest BCUT2D eigenvalue weighted by Gasteiger charge is 2.33. The summed E-state index contributed by atoms with van der Waals surface area (Å²) in [5.74, 6) is 0. The highest BCUT2D eigenvalue weighted by Crippen LogP contribution is 2.21. The van der Waals surface area contributed by atoms with E-state index in [2.05, 4.69) is 0 Å². The van der Waals surface area contributed by atoms with Crippen LogP contribution in [0.4, 0.5) is 4.79 Å². The van der Waals surface area contributed by atoms with Gasteiger partial charge in [-0.25, -0.2) is 4.79 Å². The van der Waals surface area contributed by atoms with Gasteiger partial charge in [-0.05, 0) is 41.5 Å². The van der Waals surface area contributed by atoms with Gasteiger partial charge in [0.2, 0.25) is 0 Å². The third-order valence-corrected chi connectivity index (χ3v) is 2.56. The van der Waals surface area contributed by atoms with Crippen molar-refractivity contribution in [2.45, 2.75) is 71.4 Å². The van der Waals surface area contributed by atoms with Crippen molar-refractivity contribution in [3.63, 3.8) is 0 Å². The number of hydrogen-bond donors (Lipinski definition) is 1. The number of nitrogens with zero attached hydrogens (tertiary/aromatic N) is 1. The summed E-state index contributed by atoms with van der Waals surface area (Å²) in [6.45, 7) is 12.1. The molecular weight excluding hydrogens is 246 g/mol. The Labute approximate surface area is 115 Å². The van der Waals surface area contributed by atoms with Crippen LogP contribution in [0.15, 0.2) is 0 Å². The van der Waals surface area contributed by atoms with Crippen LogP contribution >= 0.6 is 0 Å². The maximum Gasteiger partial charge on any atom is 0.410 e. The molecule has 19 heavy (non-hydrogen) atoms. The van der Waals surface area contributed by atoms with E-state index in [0.717, 1.165) is 0 Å². The smallest absolute Gasteiger partial charge is 0.410 e. The lowest BCUT2D eigenvalue weighted by atomic mass is 10.0. The molecule has 0 aromatic rings. The molecule has 1 saturated heterocycles. The fourth-order valence-electron chi connectivity index (χ4n) is 2.09. The molecule has 2 atom stereocenters. The summed E-state index contributed by atoms with van der Waals surface area (Å²) in [6, 6.07) is 0. The predicted octanol–water partition coefficient (Wildman–Crippen LogP) is 2.17. The number of amides is 1. The molecule has 0 spiro atoms. The summed E-state index contributed by atoms with van der Waals surface area (Å²) in [6.07, 6.45) is -0.560. The van der Waals surface area contributed by atoms with E-state index in [-0.39, 0.29) is 11.7 Å². The molecule has 0 radical (unpaired) electrons. The Balaban J connectivity index is 2.62. The lowest BCUT2D eigenvalue weighted by Crippen LogP contribution is -2.51. The fourth-order valence-corrected chi connectivity index (χ4v) is 2.09. The molecule has 0 aromatic heterocycles. The molecule has 0 saturated carbocycles. The normalized spacial score (nSPS) is 25.3. The van der Waals surface area contributed by atoms with E-state index < -0.39 is 17.8 Å². The van der Waals surface area contributed by atoms with Gasteiger partial charge in [-0.2, -0.15) is 0 Å². The Morgan fingerprint density at radius 2 is 1.68 bits per heavy atom. The van der Waals surface area contributed by atoms with Gasteiger partial charge in [-0.15, -0.1) is 0 Å². The summed E-state index contributed by atoms with van der Waals surface area (Å²) >= 11 is 0. The van der Waals surface area contributed by atoms with Crippen LogP contribution in [0.1, 0.15) is 48.0 Å². The Hall–Kier alpha value is -0.810. The Morgan fingerprint density at radius 1 is 1.11 bits per heavy atom. The zero-order valence-corrected chi connectivity index (χ0v) is 12.9. The summed E-state index contributed by atoms with van der Waals surface area (Å²) < 4.78 is 11.2. The molecule has 0 aliphatic carbocycles. The molecule has 1 aliphatic rings. The third-order valence-electron chi connectivity index (χ3n) is 2.56. The quantitative estimate of drug-likeness (QED) is 0.795. The second-order valence-electron chi connectivity index (χ2n) is 7.13. The van der Waals surface area contributed by atoms with Crippen molar-refractivity contribution >= 4 is 6.09 Å². The van der Waals surface area contributed by atoms with Crippen LogP contribution in [0.25, 0.3) is 0 Å². The van der Waals surface area contributed by atoms with Gasteiger partial charge in [0.05, 0.1) is 30.9 Å². The van der Waals surface area contributed by atoms with Crippen molar-refractivity contribution in [3.05, 3.63) is 0 Å². The first-order valence-corrected chi connectivity index (χ1v) is 6.80. The van der Waals surface area contributed by atoms with E-state index in [1.54, 1.807) is 0 Å². The van der Waals surface area contributed by atoms with E-state index in [4.69, 9.17) is 9.47 Å². The largest absolute Gasteiger partial charge is 0.444 e. The van der Waals surface area contributed by atoms with Gasteiger partial charge >= 0.3 is 6.09 Å². The van der Waals surface area contributed by atoms with Crippen molar-refractivity contribution in [2.24, 2.45) is 0 Å². The molecular formula is C14H27NO4. The SMILES string of the molecule is CC(C)(C)OC(=O)N1C[C@@H](O)C[C@@H](OC(C)(C)C)C1. The molecule has 1 N–H and O–H groups in total. The highest BCUT2D eigenvalue weighted by atomic mass is 16.6. The van der Waals surface area contributed by atoms with Crippen LogP contribution in [0.3, 0.4) is 0 Å². The fraction of sp³-hybridized carbons (Fsp3) is 0.929. The Kier molecular flexibility index (Phi) is 4.85. The Bertz CT molecular complexity index is 316. The molecule has 112 valence electrons. The van der Waals surface area contributed by atoms with Crippen molar-refractivity contribution in [3.8, 4) is 0 Å². The third kappa shape index (κ3) is 6.25. The molecule has 0 aromatic carbocycles. The number of carbonyl (C=O) groups excluding carboxylic acids is 1. The van der Waals surface area contributed by atoms with Gasteiger partial charge in [0.15, 0.2) is 0 Å². The van der Waals surface area contributed by atoms with Gasteiger partial charge in [0.1, 0.15) is 5.60 Å². The highest BCUT2D eigenvalue weighted by molar-refractivity contribution is 5.68. The molecule has 1 fully saturated rings. The molecule has 5 nitrogen and oxygen atoms in total. The van der Waals surface area contributed by atoms with Crippen molar-refractivity contribution in [1.29, 1.82) is 0 Å². The zero-order valence-electron chi connectivity index (χ0n) is 12.9. The molecule has 1 heterocycles. The second-order valence-corrected chi connectivity index (χ2v) is 7.13. The second kappa shape index (κ2) is 5.67. The van der Waals surface area contributed by atoms with E-state index >= 15 is 0 Å². The van der Waals surface area contributed by atoms with Crippen LogP contribution in [-0.4, -0.2) is 52.6 Å². The van der Waals surface area contributed by atoms with Crippen LogP contribution in [0.5, 0.6) is 0 Å². The maximum atomic E-state index is 12.0. The van der Waals surface area contributed by atoms with Crippen molar-refractivity contribution in [2.75, 3.05) is 13.1 Å². The number of carbonyl (C=O) groups is 1. The van der Waals surface area contributed by atoms with Crippen molar-refractivity contribution < 1.29 is 19.4 Å². The van der Waals surface area contributed by atoms with E-state index in [0.29, 0.717) is 19.5 Å². The molecule has 1 aliphatic heterocycles. The number of aliphatic hydroxyl groups excluding tert-OH is 1. The lowest BCUT2D eigenvalue weighted by Gasteiger charge is -2.38. The number of aliphatic hydroxyl groups is 1. The van der Waals surface area contributed by atoms with Crippen LogP contribution in [0, 0.1) is 0 Å².